The molecule has 12 aromatic heterocycles. The summed E-state index contributed by atoms with van der Waals surface area (Å²) in [7, 11) is 0. The fourth-order valence-corrected chi connectivity index (χ4v) is 17.3. The van der Waals surface area contributed by atoms with Crippen LogP contribution in [0.3, 0.4) is 0 Å². The van der Waals surface area contributed by atoms with E-state index in [4.69, 9.17) is 55.5 Å². The number of amides is 1. The molecule has 18 N–H and O–H groups in total. The molecule has 0 spiro atoms. The number of nitrogens with one attached hydrogen (secondary N) is 16. The van der Waals surface area contributed by atoms with Gasteiger partial charge >= 0.3 is 0 Å². The lowest BCUT2D eigenvalue weighted by atomic mass is 9.86. The number of fused-ring (bicyclic) bond motifs is 8. The van der Waals surface area contributed by atoms with Crippen molar-refractivity contribution >= 4 is 188 Å². The van der Waals surface area contributed by atoms with Gasteiger partial charge in [-0.25, -0.2) is 24.3 Å². The minimum absolute atomic E-state index is 0.0831. The lowest BCUT2D eigenvalue weighted by Gasteiger charge is -2.27. The fourth-order valence-electron chi connectivity index (χ4n) is 16.5. The standard InChI is InChI=1S/C24H22ClN7O.C22H17ClFN9O2.C22H20ClN9O.C18H15N9O3/c25-17-11-21-16(23(33)32-30-21)10-15(17)20-12-19(13-6-2-1-3-7-13)26-24(27-20)28-22-14-8-4-5-9-18(14)29-31-22;23-15-8-17-14(20(35)32-30-17)7-12(15)18-25-21(28-22(27-18)33-5-1-2-11(34)9-33)26-19-13-6-10(24)3-4-16(13)29-31-19;23-15-11-17-14(20(33)31-29-17)10-13(15)18-24-21(27-22(26-18)32-8-4-1-5-9-32)25-19-12-6-2-3-7-16(12)28-30-19;19-14(29)10-3-7(4-11-13(10)25-27-17(11)30)15-20-6-21-18(22-15)23-16-9-2-1-8(28)5-12(9)24-26-16/h4-5,8-13H,1-3,6-7H2,(H2,30,32,33)(H2,26,27,28,29,31);3-4,6-8H,1-2,5,9H2,(H2,30,32,35)(H2,25,26,27,28,29,31);2-3,6-7,10-11H,1,4-5,8-9H2,(H2,29,31,33)(H2,24,25,26,27,28,30);3-4,6H,1-2,5H2,(H2,19,29)(H2,25,27,30)(H2,20,21,22,23,24,26). The van der Waals surface area contributed by atoms with Gasteiger partial charge in [0.1, 0.15) is 17.9 Å². The average Bonchev–Trinajstić information content (AvgIpc) is 1.12. The smallest absolute Gasteiger partial charge is 0.271 e. The SMILES string of the molecule is NC(=O)c1cc(-c2ncnc(Nc3n[nH]c4c3CCC(=O)C4)n2)cc2c(=O)[nH][nH]c12.O=C1CCCN(c2nc(Nc3n[nH]c4ccc(F)cc34)nc(-c3cc4c(=O)[nH][nH]c4cc3Cl)n2)C1.O=c1[nH][nH]c2cc(Cl)c(-c3cc(C4CCCCC4)nc(Nc4n[nH]c5ccccc45)n3)cc12.O=c1[nH][nH]c2cc(Cl)c(-c3nc(Nc4n[nH]c5ccccc45)nc(N4CCCCC4)n3)cc12. The van der Waals surface area contributed by atoms with Crippen LogP contribution in [0.25, 0.3) is 122 Å². The average molecular weight is 1820 g/mol. The summed E-state index contributed by atoms with van der Waals surface area (Å²) in [5.41, 5.74) is 14.6. The number of benzene rings is 7. The number of piperidine rings is 2. The summed E-state index contributed by atoms with van der Waals surface area (Å²) in [4.78, 5) is 138. The maximum Gasteiger partial charge on any atom is 0.271 e. The Hall–Kier alpha value is -16.2. The van der Waals surface area contributed by atoms with Crippen LogP contribution < -0.4 is 59.0 Å². The van der Waals surface area contributed by atoms with E-state index in [1.54, 1.807) is 53.4 Å². The Morgan fingerprint density at radius 1 is 0.420 bits per heavy atom. The number of nitrogens with zero attached hydrogens (tertiary/aromatic N) is 17. The molecule has 0 radical (unpaired) electrons. The van der Waals surface area contributed by atoms with Crippen LogP contribution in [0.4, 0.5) is 63.4 Å². The first-order valence-corrected chi connectivity index (χ1v) is 42.9. The highest BCUT2D eigenvalue weighted by Crippen LogP contribution is 2.40. The highest BCUT2D eigenvalue weighted by molar-refractivity contribution is 6.35. The Morgan fingerprint density at radius 3 is 1.55 bits per heavy atom. The van der Waals surface area contributed by atoms with Gasteiger partial charge in [0.25, 0.3) is 28.1 Å². The van der Waals surface area contributed by atoms with Crippen LogP contribution in [-0.4, -0.2) is 180 Å². The van der Waals surface area contributed by atoms with Crippen molar-refractivity contribution in [3.63, 3.8) is 0 Å². The van der Waals surface area contributed by atoms with Crippen molar-refractivity contribution in [2.24, 2.45) is 5.73 Å². The lowest BCUT2D eigenvalue weighted by Crippen LogP contribution is -2.37. The number of Topliss-reactive ketones (excluding diaryl/α,β-unsaturated/α-hetero) is 2. The second kappa shape index (κ2) is 35.2. The van der Waals surface area contributed by atoms with Gasteiger partial charge in [-0.15, -0.1) is 0 Å². The predicted octanol–water partition coefficient (Wildman–Crippen LogP) is 13.2. The van der Waals surface area contributed by atoms with Crippen LogP contribution in [0.5, 0.6) is 0 Å². The van der Waals surface area contributed by atoms with Crippen molar-refractivity contribution in [3.8, 4) is 45.4 Å². The molecular formula is C86H74Cl3FN34O7. The van der Waals surface area contributed by atoms with Crippen molar-refractivity contribution in [2.45, 2.75) is 89.4 Å². The minimum Gasteiger partial charge on any atom is -0.366 e. The molecule has 3 fully saturated rings. The molecule has 0 unspecified atom stereocenters. The zero-order valence-electron chi connectivity index (χ0n) is 68.8. The van der Waals surface area contributed by atoms with Crippen molar-refractivity contribution in [2.75, 3.05) is 57.2 Å². The van der Waals surface area contributed by atoms with Crippen molar-refractivity contribution < 1.29 is 18.8 Å². The van der Waals surface area contributed by atoms with Gasteiger partial charge in [0, 0.05) is 100 Å². The summed E-state index contributed by atoms with van der Waals surface area (Å²) in [6, 6.07) is 35.2. The van der Waals surface area contributed by atoms with Gasteiger partial charge in [0.15, 0.2) is 46.5 Å². The molecule has 131 heavy (non-hydrogen) atoms. The summed E-state index contributed by atoms with van der Waals surface area (Å²) in [5, 5.41) is 68.1. The molecule has 45 heteroatoms. The topological polar surface area (TPSA) is 583 Å². The van der Waals surface area contributed by atoms with Gasteiger partial charge < -0.3 is 36.8 Å². The largest absolute Gasteiger partial charge is 0.366 e. The van der Waals surface area contributed by atoms with Gasteiger partial charge in [-0.05, 0) is 142 Å². The number of rotatable bonds is 16. The van der Waals surface area contributed by atoms with E-state index >= 15 is 0 Å². The summed E-state index contributed by atoms with van der Waals surface area (Å²) in [6.45, 7) is 2.51. The number of ketones is 2. The number of halogens is 4. The Kier molecular flexibility index (Phi) is 22.3. The van der Waals surface area contributed by atoms with Crippen LogP contribution >= 0.6 is 34.8 Å². The maximum atomic E-state index is 13.8. The number of hydrogen-bond donors (Lipinski definition) is 17. The molecule has 41 nitrogen and oxygen atoms in total. The molecule has 23 rings (SSSR count). The highest BCUT2D eigenvalue weighted by Gasteiger charge is 2.29. The Balaban J connectivity index is 0.000000109. The zero-order chi connectivity index (χ0) is 89.7. The summed E-state index contributed by atoms with van der Waals surface area (Å²) in [6.07, 6.45) is 13.1. The van der Waals surface area contributed by atoms with Crippen molar-refractivity contribution in [1.82, 2.24) is 136 Å². The molecule has 7 aromatic carbocycles. The van der Waals surface area contributed by atoms with Crippen LogP contribution in [-0.2, 0) is 22.4 Å². The van der Waals surface area contributed by atoms with E-state index in [-0.39, 0.29) is 80.8 Å². The van der Waals surface area contributed by atoms with Crippen LogP contribution in [0.15, 0.2) is 147 Å². The van der Waals surface area contributed by atoms with Crippen LogP contribution in [0.2, 0.25) is 15.1 Å². The molecule has 19 aromatic rings. The number of aromatic nitrogens is 27. The molecule has 4 aliphatic rings. The normalized spacial score (nSPS) is 14.2. The number of carbonyl (C=O) groups is 3. The second-order valence-corrected chi connectivity index (χ2v) is 32.9. The van der Waals surface area contributed by atoms with E-state index in [1.807, 2.05) is 54.6 Å². The molecule has 14 heterocycles. The van der Waals surface area contributed by atoms with E-state index in [1.165, 1.54) is 50.2 Å². The predicted molar refractivity (Wildman–Crippen MR) is 492 cm³/mol. The molecule has 1 saturated carbocycles. The highest BCUT2D eigenvalue weighted by atomic mass is 35.5. The molecule has 658 valence electrons. The molecule has 0 bridgehead atoms. The van der Waals surface area contributed by atoms with Gasteiger partial charge in [-0.1, -0.05) is 78.3 Å². The summed E-state index contributed by atoms with van der Waals surface area (Å²) >= 11 is 19.7. The van der Waals surface area contributed by atoms with Crippen molar-refractivity contribution in [3.05, 3.63) is 212 Å². The number of hydrogen-bond acceptors (Lipinski definition) is 28. The number of para-hydroxylation sites is 2. The zero-order valence-corrected chi connectivity index (χ0v) is 71.0. The fraction of sp³-hybridized carbons (Fsp3) is 0.209. The summed E-state index contributed by atoms with van der Waals surface area (Å²) < 4.78 is 13.8. The molecule has 1 amide bonds. The number of aromatic amines is 12. The first-order valence-electron chi connectivity index (χ1n) is 41.8. The Morgan fingerprint density at radius 2 is 0.939 bits per heavy atom. The summed E-state index contributed by atoms with van der Waals surface area (Å²) in [5.74, 6) is 4.53. The van der Waals surface area contributed by atoms with Crippen molar-refractivity contribution in [1.29, 1.82) is 0 Å². The van der Waals surface area contributed by atoms with Crippen LogP contribution in [0.1, 0.15) is 104 Å². The number of carbonyl (C=O) groups excluding carboxylic acids is 3. The Bertz CT molecular complexity index is 7730. The third-order valence-electron chi connectivity index (χ3n) is 23.1. The van der Waals surface area contributed by atoms with Crippen LogP contribution in [0, 0.1) is 5.82 Å². The first kappa shape index (κ1) is 83.0. The van der Waals surface area contributed by atoms with Gasteiger partial charge in [-0.2, -0.15) is 55.3 Å². The maximum absolute atomic E-state index is 13.8. The number of H-pyrrole nitrogens is 12. The van der Waals surface area contributed by atoms with E-state index < -0.39 is 11.7 Å². The Labute approximate surface area is 748 Å². The third kappa shape index (κ3) is 17.2. The minimum atomic E-state index is -0.692. The number of primary amides is 1. The van der Waals surface area contributed by atoms with Gasteiger partial charge in [-0.3, -0.25) is 94.7 Å². The lowest BCUT2D eigenvalue weighted by molar-refractivity contribution is -0.119. The molecular weight excluding hydrogens is 1750 g/mol. The second-order valence-electron chi connectivity index (χ2n) is 31.6. The number of anilines is 10. The monoisotopic (exact) mass is 1820 g/mol. The third-order valence-corrected chi connectivity index (χ3v) is 24.0. The molecule has 2 saturated heterocycles. The number of nitrogens with two attached hydrogens (primary N) is 1. The van der Waals surface area contributed by atoms with E-state index in [2.05, 4.69) is 148 Å². The quantitative estimate of drug-likeness (QED) is 0.0427. The van der Waals surface area contributed by atoms with E-state index in [0.717, 1.165) is 77.5 Å². The molecule has 2 aliphatic heterocycles. The van der Waals surface area contributed by atoms with Gasteiger partial charge in [0.2, 0.25) is 35.7 Å². The van der Waals surface area contributed by atoms with E-state index in [9.17, 15) is 38.0 Å². The molecule has 0 atom stereocenters. The molecule has 2 aliphatic carbocycles. The van der Waals surface area contributed by atoms with Gasteiger partial charge in [0.05, 0.1) is 93.0 Å². The van der Waals surface area contributed by atoms with E-state index in [0.29, 0.717) is 184 Å². The first-order chi connectivity index (χ1) is 63.7.